The lowest BCUT2D eigenvalue weighted by Crippen LogP contribution is -2.01. The topological polar surface area (TPSA) is 27.1 Å². The first kappa shape index (κ1) is 12.7. The summed E-state index contributed by atoms with van der Waals surface area (Å²) in [6.07, 6.45) is 0.758. The highest BCUT2D eigenvalue weighted by atomic mass is 19.1. The smallest absolute Gasteiger partial charge is 0.180 e. The highest BCUT2D eigenvalue weighted by Gasteiger charge is 2.18. The molecule has 0 aliphatic carbocycles. The number of hydrogen-bond acceptors (Lipinski definition) is 2. The average Bonchev–Trinajstić information content (AvgIpc) is 2.86. The third kappa shape index (κ3) is 1.84. The number of imidazole rings is 1. The number of aromatic nitrogens is 2. The van der Waals surface area contributed by atoms with Crippen LogP contribution in [0.1, 0.15) is 12.7 Å². The molecule has 3 aromatic rings. The Bertz CT molecular complexity index is 750. The van der Waals surface area contributed by atoms with Crippen LogP contribution < -0.4 is 4.74 Å². The number of hydrogen-bond donors (Lipinski definition) is 0. The molecule has 0 saturated carbocycles. The van der Waals surface area contributed by atoms with E-state index in [-0.39, 0.29) is 11.6 Å². The van der Waals surface area contributed by atoms with E-state index in [9.17, 15) is 4.39 Å². The number of aryl methyl sites for hydroxylation is 1. The Kier molecular flexibility index (Phi) is 3.14. The SMILES string of the molecule is CCc1nc2ccc(F)c(OC)c2n1-c1ccccc1. The summed E-state index contributed by atoms with van der Waals surface area (Å²) in [6, 6.07) is 12.9. The van der Waals surface area contributed by atoms with Gasteiger partial charge in [-0.1, -0.05) is 25.1 Å². The Hall–Kier alpha value is -2.36. The lowest BCUT2D eigenvalue weighted by Gasteiger charge is -2.10. The van der Waals surface area contributed by atoms with Gasteiger partial charge in [0.2, 0.25) is 0 Å². The van der Waals surface area contributed by atoms with E-state index >= 15 is 0 Å². The molecule has 0 spiro atoms. The van der Waals surface area contributed by atoms with Gasteiger partial charge in [0.05, 0.1) is 12.6 Å². The summed E-state index contributed by atoms with van der Waals surface area (Å²) in [5.74, 6) is 0.744. The minimum atomic E-state index is -0.375. The van der Waals surface area contributed by atoms with Crippen molar-refractivity contribution in [3.8, 4) is 11.4 Å². The van der Waals surface area contributed by atoms with Crippen molar-refractivity contribution >= 4 is 11.0 Å². The maximum absolute atomic E-state index is 14.0. The first-order chi connectivity index (χ1) is 9.76. The maximum Gasteiger partial charge on any atom is 0.180 e. The molecule has 0 amide bonds. The van der Waals surface area contributed by atoms with E-state index in [1.165, 1.54) is 13.2 Å². The molecule has 0 bridgehead atoms. The van der Waals surface area contributed by atoms with E-state index in [2.05, 4.69) is 4.98 Å². The monoisotopic (exact) mass is 270 g/mol. The summed E-state index contributed by atoms with van der Waals surface area (Å²) >= 11 is 0. The zero-order valence-corrected chi connectivity index (χ0v) is 11.4. The maximum atomic E-state index is 14.0. The van der Waals surface area contributed by atoms with Gasteiger partial charge in [-0.2, -0.15) is 0 Å². The van der Waals surface area contributed by atoms with Crippen molar-refractivity contribution < 1.29 is 9.13 Å². The lowest BCUT2D eigenvalue weighted by atomic mass is 10.2. The largest absolute Gasteiger partial charge is 0.491 e. The molecule has 3 rings (SSSR count). The molecule has 102 valence electrons. The van der Waals surface area contributed by atoms with Crippen LogP contribution in [0.5, 0.6) is 5.75 Å². The Balaban J connectivity index is 2.42. The number of fused-ring (bicyclic) bond motifs is 1. The van der Waals surface area contributed by atoms with E-state index in [1.807, 2.05) is 41.8 Å². The summed E-state index contributed by atoms with van der Waals surface area (Å²) in [4.78, 5) is 4.57. The Morgan fingerprint density at radius 2 is 1.90 bits per heavy atom. The fourth-order valence-electron chi connectivity index (χ4n) is 2.45. The highest BCUT2D eigenvalue weighted by Crippen LogP contribution is 2.32. The second-order valence-electron chi connectivity index (χ2n) is 4.50. The van der Waals surface area contributed by atoms with Crippen LogP contribution in [0.25, 0.3) is 16.7 Å². The van der Waals surface area contributed by atoms with Crippen molar-refractivity contribution in [3.63, 3.8) is 0 Å². The van der Waals surface area contributed by atoms with Gasteiger partial charge in [-0.25, -0.2) is 9.37 Å². The molecule has 1 aromatic heterocycles. The number of nitrogens with zero attached hydrogens (tertiary/aromatic N) is 2. The van der Waals surface area contributed by atoms with E-state index in [0.717, 1.165) is 23.4 Å². The molecule has 0 radical (unpaired) electrons. The van der Waals surface area contributed by atoms with Gasteiger partial charge in [-0.05, 0) is 24.3 Å². The molecule has 3 nitrogen and oxygen atoms in total. The highest BCUT2D eigenvalue weighted by molar-refractivity contribution is 5.85. The Morgan fingerprint density at radius 3 is 2.55 bits per heavy atom. The van der Waals surface area contributed by atoms with Crippen LogP contribution in [0.15, 0.2) is 42.5 Å². The summed E-state index contributed by atoms with van der Waals surface area (Å²) in [5.41, 5.74) is 2.37. The van der Waals surface area contributed by atoms with Crippen LogP contribution in [-0.4, -0.2) is 16.7 Å². The lowest BCUT2D eigenvalue weighted by molar-refractivity contribution is 0.390. The van der Waals surface area contributed by atoms with E-state index in [1.54, 1.807) is 6.07 Å². The van der Waals surface area contributed by atoms with Crippen molar-refractivity contribution in [3.05, 3.63) is 54.1 Å². The molecular weight excluding hydrogens is 255 g/mol. The van der Waals surface area contributed by atoms with Gasteiger partial charge in [0.15, 0.2) is 11.6 Å². The third-order valence-electron chi connectivity index (χ3n) is 3.33. The van der Waals surface area contributed by atoms with Crippen LogP contribution >= 0.6 is 0 Å². The molecule has 0 atom stereocenters. The number of ether oxygens (including phenoxy) is 1. The molecule has 0 aliphatic heterocycles. The van der Waals surface area contributed by atoms with Gasteiger partial charge in [0.1, 0.15) is 11.3 Å². The van der Waals surface area contributed by atoms with Gasteiger partial charge < -0.3 is 4.74 Å². The molecule has 0 aliphatic rings. The van der Waals surface area contributed by atoms with Gasteiger partial charge in [-0.3, -0.25) is 4.57 Å². The zero-order chi connectivity index (χ0) is 14.1. The number of para-hydroxylation sites is 1. The molecule has 0 unspecified atom stereocenters. The first-order valence-corrected chi connectivity index (χ1v) is 6.55. The quantitative estimate of drug-likeness (QED) is 0.725. The standard InChI is InChI=1S/C16H15FN2O/c1-3-14-18-13-10-9-12(17)16(20-2)15(13)19(14)11-7-5-4-6-8-11/h4-10H,3H2,1-2H3. The minimum absolute atomic E-state index is 0.235. The molecule has 2 aromatic carbocycles. The Labute approximate surface area is 116 Å². The fourth-order valence-corrected chi connectivity index (χ4v) is 2.45. The van der Waals surface area contributed by atoms with Crippen LogP contribution in [0.4, 0.5) is 4.39 Å². The third-order valence-corrected chi connectivity index (χ3v) is 3.33. The van der Waals surface area contributed by atoms with E-state index < -0.39 is 0 Å². The van der Waals surface area contributed by atoms with Crippen molar-refractivity contribution in [2.45, 2.75) is 13.3 Å². The predicted molar refractivity (Wildman–Crippen MR) is 77.0 cm³/mol. The molecule has 0 N–H and O–H groups in total. The number of rotatable bonds is 3. The molecule has 1 heterocycles. The number of halogens is 1. The first-order valence-electron chi connectivity index (χ1n) is 6.55. The van der Waals surface area contributed by atoms with E-state index in [0.29, 0.717) is 5.52 Å². The summed E-state index contributed by atoms with van der Waals surface area (Å²) < 4.78 is 21.2. The average molecular weight is 270 g/mol. The van der Waals surface area contributed by atoms with Crippen LogP contribution in [0, 0.1) is 5.82 Å². The predicted octanol–water partition coefficient (Wildman–Crippen LogP) is 3.74. The molecule has 4 heteroatoms. The van der Waals surface area contributed by atoms with Gasteiger partial charge in [-0.15, -0.1) is 0 Å². The summed E-state index contributed by atoms with van der Waals surface area (Å²) in [6.45, 7) is 2.03. The normalized spacial score (nSPS) is 10.9. The van der Waals surface area contributed by atoms with Crippen molar-refractivity contribution in [2.24, 2.45) is 0 Å². The number of methoxy groups -OCH3 is 1. The second kappa shape index (κ2) is 4.96. The van der Waals surface area contributed by atoms with Gasteiger partial charge in [0, 0.05) is 12.1 Å². The van der Waals surface area contributed by atoms with Crippen molar-refractivity contribution in [1.82, 2.24) is 9.55 Å². The zero-order valence-electron chi connectivity index (χ0n) is 11.4. The number of benzene rings is 2. The van der Waals surface area contributed by atoms with Crippen molar-refractivity contribution in [1.29, 1.82) is 0 Å². The second-order valence-corrected chi connectivity index (χ2v) is 4.50. The van der Waals surface area contributed by atoms with Crippen LogP contribution in [0.2, 0.25) is 0 Å². The Morgan fingerprint density at radius 1 is 1.15 bits per heavy atom. The van der Waals surface area contributed by atoms with Crippen LogP contribution in [0.3, 0.4) is 0 Å². The summed E-state index contributed by atoms with van der Waals surface area (Å²) in [7, 11) is 1.48. The fraction of sp³-hybridized carbons (Fsp3) is 0.188. The van der Waals surface area contributed by atoms with Gasteiger partial charge in [0.25, 0.3) is 0 Å². The minimum Gasteiger partial charge on any atom is -0.491 e. The van der Waals surface area contributed by atoms with E-state index in [4.69, 9.17) is 4.74 Å². The molecule has 0 saturated heterocycles. The molecule has 20 heavy (non-hydrogen) atoms. The van der Waals surface area contributed by atoms with Gasteiger partial charge >= 0.3 is 0 Å². The summed E-state index contributed by atoms with van der Waals surface area (Å²) in [5, 5.41) is 0. The van der Waals surface area contributed by atoms with Crippen molar-refractivity contribution in [2.75, 3.05) is 7.11 Å². The molecular formula is C16H15FN2O. The van der Waals surface area contributed by atoms with Crippen LogP contribution in [-0.2, 0) is 6.42 Å². The molecule has 0 fully saturated rings.